The smallest absolute Gasteiger partial charge is 0.152 e. The van der Waals surface area contributed by atoms with Crippen molar-refractivity contribution in [1.29, 1.82) is 0 Å². The molecule has 3 heteroatoms. The Labute approximate surface area is 90.5 Å². The molecule has 15 heavy (non-hydrogen) atoms. The lowest BCUT2D eigenvalue weighted by Gasteiger charge is -2.16. The summed E-state index contributed by atoms with van der Waals surface area (Å²) in [7, 11) is 1.54. The fraction of sp³-hybridized carbons (Fsp3) is 0.583. The summed E-state index contributed by atoms with van der Waals surface area (Å²) < 4.78 is 19.2. The van der Waals surface area contributed by atoms with Crippen LogP contribution in [0.5, 0.6) is 5.75 Å². The van der Waals surface area contributed by atoms with Crippen LogP contribution in [-0.2, 0) is 0 Å². The molecule has 0 aliphatic carbocycles. The standard InChI is InChI=1S/C12H18FNO/c1-7(2)10-9(15-5)6-14-12(8(3)4)11(10)13/h6-8H,1-5H3. The third kappa shape index (κ3) is 2.28. The molecule has 0 bridgehead atoms. The van der Waals surface area contributed by atoms with E-state index in [1.54, 1.807) is 6.20 Å². The molecule has 0 radical (unpaired) electrons. The van der Waals surface area contributed by atoms with E-state index in [0.717, 1.165) is 0 Å². The van der Waals surface area contributed by atoms with E-state index >= 15 is 0 Å². The van der Waals surface area contributed by atoms with E-state index in [-0.39, 0.29) is 17.7 Å². The molecule has 0 aromatic carbocycles. The average Bonchev–Trinajstić information content (AvgIpc) is 2.15. The molecule has 0 aliphatic heterocycles. The Kier molecular flexibility index (Phi) is 3.66. The van der Waals surface area contributed by atoms with Gasteiger partial charge in [0.25, 0.3) is 0 Å². The normalized spacial score (nSPS) is 11.2. The van der Waals surface area contributed by atoms with E-state index in [4.69, 9.17) is 4.74 Å². The molecule has 0 aliphatic rings. The second-order valence-corrected chi connectivity index (χ2v) is 4.25. The van der Waals surface area contributed by atoms with Crippen molar-refractivity contribution in [2.45, 2.75) is 39.5 Å². The zero-order valence-corrected chi connectivity index (χ0v) is 9.97. The minimum absolute atomic E-state index is 0.0911. The van der Waals surface area contributed by atoms with Crippen LogP contribution in [0.4, 0.5) is 4.39 Å². The molecule has 0 atom stereocenters. The van der Waals surface area contributed by atoms with Crippen molar-refractivity contribution in [3.05, 3.63) is 23.3 Å². The first-order chi connectivity index (χ1) is 6.99. The first-order valence-corrected chi connectivity index (χ1v) is 5.21. The molecule has 0 saturated heterocycles. The fourth-order valence-corrected chi connectivity index (χ4v) is 1.60. The summed E-state index contributed by atoms with van der Waals surface area (Å²) in [6.45, 7) is 7.76. The van der Waals surface area contributed by atoms with Crippen LogP contribution in [-0.4, -0.2) is 12.1 Å². The maximum atomic E-state index is 14.1. The Morgan fingerprint density at radius 2 is 1.80 bits per heavy atom. The number of rotatable bonds is 3. The fourth-order valence-electron chi connectivity index (χ4n) is 1.60. The molecule has 0 spiro atoms. The number of hydrogen-bond acceptors (Lipinski definition) is 2. The summed E-state index contributed by atoms with van der Waals surface area (Å²) in [6.07, 6.45) is 1.60. The highest BCUT2D eigenvalue weighted by Crippen LogP contribution is 2.31. The van der Waals surface area contributed by atoms with Crippen LogP contribution in [0.1, 0.15) is 50.8 Å². The van der Waals surface area contributed by atoms with Gasteiger partial charge in [-0.25, -0.2) is 4.39 Å². The molecular formula is C12H18FNO. The van der Waals surface area contributed by atoms with E-state index < -0.39 is 0 Å². The number of methoxy groups -OCH3 is 1. The highest BCUT2D eigenvalue weighted by Gasteiger charge is 2.19. The topological polar surface area (TPSA) is 22.1 Å². The van der Waals surface area contributed by atoms with Gasteiger partial charge in [-0.15, -0.1) is 0 Å². The van der Waals surface area contributed by atoms with Gasteiger partial charge < -0.3 is 4.74 Å². The van der Waals surface area contributed by atoms with Gasteiger partial charge in [0.05, 0.1) is 19.0 Å². The quantitative estimate of drug-likeness (QED) is 0.763. The Balaban J connectivity index is 3.36. The number of ether oxygens (including phenoxy) is 1. The van der Waals surface area contributed by atoms with Crippen LogP contribution in [0.25, 0.3) is 0 Å². The van der Waals surface area contributed by atoms with Crippen molar-refractivity contribution in [3.8, 4) is 5.75 Å². The Morgan fingerprint density at radius 3 is 2.20 bits per heavy atom. The van der Waals surface area contributed by atoms with Crippen molar-refractivity contribution in [3.63, 3.8) is 0 Å². The van der Waals surface area contributed by atoms with E-state index in [2.05, 4.69) is 4.98 Å². The largest absolute Gasteiger partial charge is 0.495 e. The zero-order valence-electron chi connectivity index (χ0n) is 9.97. The summed E-state index contributed by atoms with van der Waals surface area (Å²) in [4.78, 5) is 4.09. The molecule has 0 unspecified atom stereocenters. The van der Waals surface area contributed by atoms with E-state index in [9.17, 15) is 4.39 Å². The number of halogens is 1. The summed E-state index contributed by atoms with van der Waals surface area (Å²) in [5.41, 5.74) is 1.13. The van der Waals surface area contributed by atoms with E-state index in [1.165, 1.54) is 7.11 Å². The Morgan fingerprint density at radius 1 is 1.20 bits per heavy atom. The zero-order chi connectivity index (χ0) is 11.6. The van der Waals surface area contributed by atoms with Gasteiger partial charge in [-0.2, -0.15) is 0 Å². The first-order valence-electron chi connectivity index (χ1n) is 5.21. The van der Waals surface area contributed by atoms with Crippen LogP contribution < -0.4 is 4.74 Å². The van der Waals surface area contributed by atoms with Crippen molar-refractivity contribution in [1.82, 2.24) is 4.98 Å². The molecule has 1 aromatic heterocycles. The molecule has 0 N–H and O–H groups in total. The maximum Gasteiger partial charge on any atom is 0.152 e. The van der Waals surface area contributed by atoms with Crippen LogP contribution in [0.3, 0.4) is 0 Å². The number of pyridine rings is 1. The molecule has 84 valence electrons. The van der Waals surface area contributed by atoms with Gasteiger partial charge in [-0.3, -0.25) is 4.98 Å². The van der Waals surface area contributed by atoms with Gasteiger partial charge in [0, 0.05) is 5.56 Å². The molecule has 0 fully saturated rings. The summed E-state index contributed by atoms with van der Waals surface area (Å²) in [6, 6.07) is 0. The second-order valence-electron chi connectivity index (χ2n) is 4.25. The molecule has 0 amide bonds. The minimum atomic E-state index is -0.223. The van der Waals surface area contributed by atoms with Crippen LogP contribution in [0.15, 0.2) is 6.20 Å². The molecule has 2 nitrogen and oxygen atoms in total. The monoisotopic (exact) mass is 211 g/mol. The summed E-state index contributed by atoms with van der Waals surface area (Å²) >= 11 is 0. The molecule has 0 saturated carbocycles. The second kappa shape index (κ2) is 4.60. The predicted octanol–water partition coefficient (Wildman–Crippen LogP) is 3.48. The molecule has 1 heterocycles. The maximum absolute atomic E-state index is 14.1. The predicted molar refractivity (Wildman–Crippen MR) is 58.9 cm³/mol. The van der Waals surface area contributed by atoms with Crippen molar-refractivity contribution < 1.29 is 9.13 Å². The molecule has 1 aromatic rings. The Hall–Kier alpha value is -1.12. The van der Waals surface area contributed by atoms with Crippen molar-refractivity contribution in [2.24, 2.45) is 0 Å². The highest BCUT2D eigenvalue weighted by molar-refractivity contribution is 5.37. The van der Waals surface area contributed by atoms with Crippen LogP contribution >= 0.6 is 0 Å². The number of aromatic nitrogens is 1. The van der Waals surface area contributed by atoms with Gasteiger partial charge in [-0.1, -0.05) is 27.7 Å². The van der Waals surface area contributed by atoms with Crippen LogP contribution in [0, 0.1) is 5.82 Å². The van der Waals surface area contributed by atoms with Gasteiger partial charge in [-0.05, 0) is 11.8 Å². The lowest BCUT2D eigenvalue weighted by molar-refractivity contribution is 0.396. The molecule has 1 rings (SSSR count). The van der Waals surface area contributed by atoms with E-state index in [0.29, 0.717) is 17.0 Å². The minimum Gasteiger partial charge on any atom is -0.495 e. The molecular weight excluding hydrogens is 193 g/mol. The highest BCUT2D eigenvalue weighted by atomic mass is 19.1. The van der Waals surface area contributed by atoms with Gasteiger partial charge in [0.2, 0.25) is 0 Å². The number of hydrogen-bond donors (Lipinski definition) is 0. The van der Waals surface area contributed by atoms with Gasteiger partial charge in [0.15, 0.2) is 5.82 Å². The number of nitrogens with zero attached hydrogens (tertiary/aromatic N) is 1. The third-order valence-corrected chi connectivity index (χ3v) is 2.39. The van der Waals surface area contributed by atoms with Gasteiger partial charge in [0.1, 0.15) is 5.75 Å². The van der Waals surface area contributed by atoms with Crippen molar-refractivity contribution in [2.75, 3.05) is 7.11 Å². The Bertz CT molecular complexity index is 348. The first kappa shape index (κ1) is 12.0. The van der Waals surface area contributed by atoms with Crippen molar-refractivity contribution >= 4 is 0 Å². The third-order valence-electron chi connectivity index (χ3n) is 2.39. The summed E-state index contributed by atoms with van der Waals surface area (Å²) in [5.74, 6) is 0.500. The lowest BCUT2D eigenvalue weighted by Crippen LogP contribution is -2.06. The van der Waals surface area contributed by atoms with Crippen LogP contribution in [0.2, 0.25) is 0 Å². The van der Waals surface area contributed by atoms with E-state index in [1.807, 2.05) is 27.7 Å². The SMILES string of the molecule is COc1cnc(C(C)C)c(F)c1C(C)C. The van der Waals surface area contributed by atoms with Gasteiger partial charge >= 0.3 is 0 Å². The summed E-state index contributed by atoms with van der Waals surface area (Å²) in [5, 5.41) is 0. The average molecular weight is 211 g/mol. The lowest BCUT2D eigenvalue weighted by atomic mass is 9.98.